The Balaban J connectivity index is 2.86. The summed E-state index contributed by atoms with van der Waals surface area (Å²) < 4.78 is 5.54. The molecule has 0 unspecified atom stereocenters. The molecule has 0 bridgehead atoms. The second-order valence-electron chi connectivity index (χ2n) is 3.03. The van der Waals surface area contributed by atoms with Crippen LogP contribution in [-0.2, 0) is 4.74 Å². The minimum absolute atomic E-state index is 0.338. The Bertz CT molecular complexity index is 380. The molecule has 1 aromatic rings. The topological polar surface area (TPSA) is 64.3 Å². The normalized spacial score (nSPS) is 9.80. The maximum Gasteiger partial charge on any atom is 0.411 e. The fraction of sp³-hybridized carbons (Fsp3) is 0.300. The van der Waals surface area contributed by atoms with E-state index >= 15 is 0 Å². The number of rotatable bonds is 2. The van der Waals surface area contributed by atoms with E-state index in [0.717, 1.165) is 10.0 Å². The van der Waals surface area contributed by atoms with Crippen molar-refractivity contribution in [1.82, 2.24) is 0 Å². The quantitative estimate of drug-likeness (QED) is 0.814. The SMILES string of the molecule is CCOC(=O)Nc1cc(N)c(C)cc1Br. The predicted molar refractivity (Wildman–Crippen MR) is 63.9 cm³/mol. The molecule has 1 rings (SSSR count). The van der Waals surface area contributed by atoms with E-state index in [1.54, 1.807) is 13.0 Å². The zero-order valence-electron chi connectivity index (χ0n) is 8.63. The van der Waals surface area contributed by atoms with Crippen molar-refractivity contribution >= 4 is 33.4 Å². The summed E-state index contributed by atoms with van der Waals surface area (Å²) in [6.45, 7) is 3.98. The van der Waals surface area contributed by atoms with E-state index in [9.17, 15) is 4.79 Å². The van der Waals surface area contributed by atoms with Crippen LogP contribution in [0, 0.1) is 6.92 Å². The molecular weight excluding hydrogens is 260 g/mol. The molecule has 15 heavy (non-hydrogen) atoms. The highest BCUT2D eigenvalue weighted by Gasteiger charge is 2.07. The van der Waals surface area contributed by atoms with Crippen LogP contribution in [0.15, 0.2) is 16.6 Å². The standard InChI is InChI=1S/C10H13BrN2O2/c1-3-15-10(14)13-9-5-8(12)6(2)4-7(9)11/h4-5H,3,12H2,1-2H3,(H,13,14). The fourth-order valence-corrected chi connectivity index (χ4v) is 1.62. The van der Waals surface area contributed by atoms with E-state index in [1.807, 2.05) is 13.0 Å². The number of aryl methyl sites for hydroxylation is 1. The highest BCUT2D eigenvalue weighted by Crippen LogP contribution is 2.27. The number of halogens is 1. The lowest BCUT2D eigenvalue weighted by Crippen LogP contribution is -2.14. The number of nitrogen functional groups attached to an aromatic ring is 1. The molecule has 0 fully saturated rings. The van der Waals surface area contributed by atoms with Gasteiger partial charge in [-0.3, -0.25) is 5.32 Å². The molecule has 0 radical (unpaired) electrons. The first-order chi connectivity index (χ1) is 7.04. The molecule has 3 N–H and O–H groups in total. The van der Waals surface area contributed by atoms with E-state index in [4.69, 9.17) is 10.5 Å². The van der Waals surface area contributed by atoms with Crippen molar-refractivity contribution in [3.8, 4) is 0 Å². The Morgan fingerprint density at radius 3 is 2.87 bits per heavy atom. The summed E-state index contributed by atoms with van der Waals surface area (Å²) in [5, 5.41) is 2.59. The van der Waals surface area contributed by atoms with Crippen LogP contribution in [0.3, 0.4) is 0 Å². The minimum atomic E-state index is -0.485. The molecule has 0 aliphatic carbocycles. The van der Waals surface area contributed by atoms with Crippen LogP contribution in [0.25, 0.3) is 0 Å². The van der Waals surface area contributed by atoms with Crippen LogP contribution in [0.2, 0.25) is 0 Å². The van der Waals surface area contributed by atoms with Gasteiger partial charge in [0, 0.05) is 10.2 Å². The number of nitrogens with two attached hydrogens (primary N) is 1. The highest BCUT2D eigenvalue weighted by atomic mass is 79.9. The lowest BCUT2D eigenvalue weighted by atomic mass is 10.2. The van der Waals surface area contributed by atoms with Crippen LogP contribution in [-0.4, -0.2) is 12.7 Å². The van der Waals surface area contributed by atoms with Gasteiger partial charge in [-0.25, -0.2) is 4.79 Å². The summed E-state index contributed by atoms with van der Waals surface area (Å²) in [5.74, 6) is 0. The first-order valence-corrected chi connectivity index (χ1v) is 5.33. The van der Waals surface area contributed by atoms with Crippen molar-refractivity contribution in [2.24, 2.45) is 0 Å². The van der Waals surface area contributed by atoms with E-state index in [2.05, 4.69) is 21.2 Å². The molecular formula is C10H13BrN2O2. The first kappa shape index (κ1) is 11.8. The van der Waals surface area contributed by atoms with E-state index in [0.29, 0.717) is 18.0 Å². The van der Waals surface area contributed by atoms with Crippen LogP contribution in [0.5, 0.6) is 0 Å². The van der Waals surface area contributed by atoms with Crippen molar-refractivity contribution in [2.45, 2.75) is 13.8 Å². The van der Waals surface area contributed by atoms with Crippen molar-refractivity contribution in [1.29, 1.82) is 0 Å². The molecule has 0 spiro atoms. The summed E-state index contributed by atoms with van der Waals surface area (Å²) in [6.07, 6.45) is -0.485. The maximum atomic E-state index is 11.2. The molecule has 1 amide bonds. The summed E-state index contributed by atoms with van der Waals surface area (Å²) in [7, 11) is 0. The second kappa shape index (κ2) is 5.02. The number of hydrogen-bond acceptors (Lipinski definition) is 3. The number of benzene rings is 1. The summed E-state index contributed by atoms with van der Waals surface area (Å²) >= 11 is 3.34. The third-order valence-corrected chi connectivity index (χ3v) is 2.52. The average molecular weight is 273 g/mol. The summed E-state index contributed by atoms with van der Waals surface area (Å²) in [4.78, 5) is 11.2. The van der Waals surface area contributed by atoms with Gasteiger partial charge in [0.15, 0.2) is 0 Å². The van der Waals surface area contributed by atoms with Gasteiger partial charge in [-0.1, -0.05) is 0 Å². The van der Waals surface area contributed by atoms with Gasteiger partial charge < -0.3 is 10.5 Å². The number of nitrogens with one attached hydrogen (secondary N) is 1. The molecule has 4 nitrogen and oxygen atoms in total. The zero-order chi connectivity index (χ0) is 11.4. The van der Waals surface area contributed by atoms with Gasteiger partial charge in [0.05, 0.1) is 12.3 Å². The number of anilines is 2. The molecule has 0 atom stereocenters. The molecule has 5 heteroatoms. The Morgan fingerprint density at radius 1 is 1.60 bits per heavy atom. The van der Waals surface area contributed by atoms with Crippen LogP contribution in [0.4, 0.5) is 16.2 Å². The molecule has 0 aliphatic rings. The molecule has 82 valence electrons. The van der Waals surface area contributed by atoms with Gasteiger partial charge in [0.25, 0.3) is 0 Å². The monoisotopic (exact) mass is 272 g/mol. The summed E-state index contributed by atoms with van der Waals surface area (Å²) in [5.41, 5.74) is 7.92. The van der Waals surface area contributed by atoms with Crippen molar-refractivity contribution < 1.29 is 9.53 Å². The predicted octanol–water partition coefficient (Wildman–Crippen LogP) is 2.91. The smallest absolute Gasteiger partial charge is 0.411 e. The van der Waals surface area contributed by atoms with Gasteiger partial charge in [-0.15, -0.1) is 0 Å². The highest BCUT2D eigenvalue weighted by molar-refractivity contribution is 9.10. The van der Waals surface area contributed by atoms with Crippen LogP contribution >= 0.6 is 15.9 Å². The molecule has 0 aliphatic heterocycles. The number of hydrogen-bond donors (Lipinski definition) is 2. The fourth-order valence-electron chi connectivity index (χ4n) is 1.06. The largest absolute Gasteiger partial charge is 0.450 e. The molecule has 1 aromatic carbocycles. The Kier molecular flexibility index (Phi) is 3.96. The van der Waals surface area contributed by atoms with E-state index in [-0.39, 0.29) is 0 Å². The minimum Gasteiger partial charge on any atom is -0.450 e. The van der Waals surface area contributed by atoms with Crippen molar-refractivity contribution in [3.63, 3.8) is 0 Å². The Labute approximate surface area is 96.9 Å². The third-order valence-electron chi connectivity index (χ3n) is 1.87. The Hall–Kier alpha value is -1.23. The molecule has 0 aromatic heterocycles. The number of carbonyl (C=O) groups is 1. The molecule has 0 saturated carbocycles. The van der Waals surface area contributed by atoms with Crippen LogP contribution in [0.1, 0.15) is 12.5 Å². The first-order valence-electron chi connectivity index (χ1n) is 4.54. The van der Waals surface area contributed by atoms with Gasteiger partial charge in [0.2, 0.25) is 0 Å². The zero-order valence-corrected chi connectivity index (χ0v) is 10.2. The average Bonchev–Trinajstić information content (AvgIpc) is 2.14. The third kappa shape index (κ3) is 3.13. The Morgan fingerprint density at radius 2 is 2.27 bits per heavy atom. The van der Waals surface area contributed by atoms with Crippen molar-refractivity contribution in [2.75, 3.05) is 17.7 Å². The number of ether oxygens (including phenoxy) is 1. The van der Waals surface area contributed by atoms with Crippen molar-refractivity contribution in [3.05, 3.63) is 22.2 Å². The molecule has 0 heterocycles. The van der Waals surface area contributed by atoms with Gasteiger partial charge in [-0.2, -0.15) is 0 Å². The van der Waals surface area contributed by atoms with Gasteiger partial charge >= 0.3 is 6.09 Å². The lowest BCUT2D eigenvalue weighted by molar-refractivity contribution is 0.168. The van der Waals surface area contributed by atoms with Gasteiger partial charge in [-0.05, 0) is 47.5 Å². The maximum absolute atomic E-state index is 11.2. The van der Waals surface area contributed by atoms with E-state index in [1.165, 1.54) is 0 Å². The second-order valence-corrected chi connectivity index (χ2v) is 3.89. The lowest BCUT2D eigenvalue weighted by Gasteiger charge is -2.09. The number of amides is 1. The van der Waals surface area contributed by atoms with E-state index < -0.39 is 6.09 Å². The summed E-state index contributed by atoms with van der Waals surface area (Å²) in [6, 6.07) is 3.53. The van der Waals surface area contributed by atoms with Gasteiger partial charge in [0.1, 0.15) is 0 Å². The number of carbonyl (C=O) groups excluding carboxylic acids is 1. The molecule has 0 saturated heterocycles. The van der Waals surface area contributed by atoms with Crippen LogP contribution < -0.4 is 11.1 Å².